The first-order chi connectivity index (χ1) is 9.38. The molecule has 0 radical (unpaired) electrons. The lowest BCUT2D eigenvalue weighted by Crippen LogP contribution is -2.10. The summed E-state index contributed by atoms with van der Waals surface area (Å²) in [7, 11) is 3.89. The highest BCUT2D eigenvalue weighted by Crippen LogP contribution is 2.31. The Balaban J connectivity index is 2.79. The van der Waals surface area contributed by atoms with E-state index in [9.17, 15) is 4.79 Å². The van der Waals surface area contributed by atoms with Crippen molar-refractivity contribution in [3.63, 3.8) is 0 Å². The summed E-state index contributed by atoms with van der Waals surface area (Å²) >= 11 is 6.13. The average molecular weight is 291 g/mol. The first-order valence-corrected chi connectivity index (χ1v) is 6.45. The molecule has 0 bridgehead atoms. The van der Waals surface area contributed by atoms with E-state index in [1.165, 1.54) is 6.08 Å². The molecule has 20 heavy (non-hydrogen) atoms. The second kappa shape index (κ2) is 5.51. The Labute approximate surface area is 122 Å². The number of aromatic nitrogens is 1. The van der Waals surface area contributed by atoms with Gasteiger partial charge in [-0.15, -0.1) is 0 Å². The summed E-state index contributed by atoms with van der Waals surface area (Å²) in [6.07, 6.45) is 2.60. The standard InChI is InChI=1S/C15H15ClN2O2/c1-9-6-13(18(2)3)12-8-11(16)7-10(15(12)17-9)4-5-14(19)20/h4-8H,1-3H3,(H,19,20)/b5-4+. The van der Waals surface area contributed by atoms with Crippen LogP contribution in [0.1, 0.15) is 11.3 Å². The van der Waals surface area contributed by atoms with Crippen molar-refractivity contribution in [2.75, 3.05) is 19.0 Å². The highest BCUT2D eigenvalue weighted by Gasteiger charge is 2.10. The Morgan fingerprint density at radius 2 is 2.05 bits per heavy atom. The molecule has 0 saturated carbocycles. The van der Waals surface area contributed by atoms with Crippen LogP contribution in [-0.4, -0.2) is 30.2 Å². The van der Waals surface area contributed by atoms with Crippen LogP contribution in [-0.2, 0) is 4.79 Å². The first kappa shape index (κ1) is 14.3. The van der Waals surface area contributed by atoms with Gasteiger partial charge in [-0.2, -0.15) is 0 Å². The number of benzene rings is 1. The molecule has 1 N–H and O–H groups in total. The molecule has 1 heterocycles. The van der Waals surface area contributed by atoms with E-state index in [0.717, 1.165) is 28.4 Å². The predicted octanol–water partition coefficient (Wildman–Crippen LogP) is 3.36. The second-order valence-corrected chi connectivity index (χ2v) is 5.18. The molecule has 0 unspecified atom stereocenters. The van der Waals surface area contributed by atoms with E-state index >= 15 is 0 Å². The minimum Gasteiger partial charge on any atom is -0.478 e. The smallest absolute Gasteiger partial charge is 0.328 e. The van der Waals surface area contributed by atoms with E-state index in [-0.39, 0.29) is 0 Å². The summed E-state index contributed by atoms with van der Waals surface area (Å²) in [5.41, 5.74) is 3.31. The van der Waals surface area contributed by atoms with Crippen molar-refractivity contribution in [3.05, 3.63) is 40.6 Å². The molecule has 0 atom stereocenters. The van der Waals surface area contributed by atoms with Crippen molar-refractivity contribution in [3.8, 4) is 0 Å². The number of carbonyl (C=O) groups is 1. The van der Waals surface area contributed by atoms with Gasteiger partial charge >= 0.3 is 5.97 Å². The number of fused-ring (bicyclic) bond motifs is 1. The molecule has 0 spiro atoms. The second-order valence-electron chi connectivity index (χ2n) is 4.74. The van der Waals surface area contributed by atoms with Gasteiger partial charge in [-0.3, -0.25) is 4.98 Å². The molecular weight excluding hydrogens is 276 g/mol. The molecule has 2 rings (SSSR count). The van der Waals surface area contributed by atoms with Gasteiger partial charge in [-0.05, 0) is 31.2 Å². The van der Waals surface area contributed by atoms with E-state index in [0.29, 0.717) is 10.6 Å². The molecule has 0 fully saturated rings. The van der Waals surface area contributed by atoms with Gasteiger partial charge in [-0.25, -0.2) is 4.79 Å². The number of halogens is 1. The number of carboxylic acids is 1. The van der Waals surface area contributed by atoms with Crippen molar-refractivity contribution >= 4 is 40.2 Å². The molecule has 2 aromatic rings. The highest BCUT2D eigenvalue weighted by atomic mass is 35.5. The topological polar surface area (TPSA) is 53.4 Å². The molecule has 4 nitrogen and oxygen atoms in total. The maximum absolute atomic E-state index is 10.7. The number of rotatable bonds is 3. The number of pyridine rings is 1. The third-order valence-corrected chi connectivity index (χ3v) is 3.12. The molecule has 5 heteroatoms. The van der Waals surface area contributed by atoms with Crippen molar-refractivity contribution in [1.82, 2.24) is 4.98 Å². The maximum Gasteiger partial charge on any atom is 0.328 e. The van der Waals surface area contributed by atoms with Crippen LogP contribution in [0.5, 0.6) is 0 Å². The van der Waals surface area contributed by atoms with Crippen LogP contribution < -0.4 is 4.90 Å². The van der Waals surface area contributed by atoms with Crippen LogP contribution in [0.2, 0.25) is 5.02 Å². The van der Waals surface area contributed by atoms with Crippen LogP contribution in [0.3, 0.4) is 0 Å². The van der Waals surface area contributed by atoms with E-state index in [1.807, 2.05) is 38.1 Å². The zero-order valence-corrected chi connectivity index (χ0v) is 12.3. The zero-order valence-electron chi connectivity index (χ0n) is 11.5. The van der Waals surface area contributed by atoms with Crippen LogP contribution in [0.15, 0.2) is 24.3 Å². The molecule has 0 aliphatic heterocycles. The fourth-order valence-electron chi connectivity index (χ4n) is 2.08. The van der Waals surface area contributed by atoms with E-state index in [1.54, 1.807) is 6.07 Å². The van der Waals surface area contributed by atoms with E-state index < -0.39 is 5.97 Å². The van der Waals surface area contributed by atoms with E-state index in [2.05, 4.69) is 4.98 Å². The van der Waals surface area contributed by atoms with Gasteiger partial charge in [0.15, 0.2) is 0 Å². The molecule has 0 amide bonds. The van der Waals surface area contributed by atoms with Crippen molar-refractivity contribution < 1.29 is 9.90 Å². The fourth-order valence-corrected chi connectivity index (χ4v) is 2.31. The Hall–Kier alpha value is -2.07. The van der Waals surface area contributed by atoms with Gasteiger partial charge in [0.2, 0.25) is 0 Å². The normalized spacial score (nSPS) is 11.2. The monoisotopic (exact) mass is 290 g/mol. The maximum atomic E-state index is 10.7. The Morgan fingerprint density at radius 3 is 2.65 bits per heavy atom. The summed E-state index contributed by atoms with van der Waals surface area (Å²) in [5.74, 6) is -1.00. The van der Waals surface area contributed by atoms with Crippen LogP contribution in [0.25, 0.3) is 17.0 Å². The number of aryl methyl sites for hydroxylation is 1. The lowest BCUT2D eigenvalue weighted by molar-refractivity contribution is -0.131. The first-order valence-electron chi connectivity index (χ1n) is 6.07. The Bertz CT molecular complexity index is 709. The summed E-state index contributed by atoms with van der Waals surface area (Å²) < 4.78 is 0. The molecule has 0 aliphatic carbocycles. The predicted molar refractivity (Wildman–Crippen MR) is 82.5 cm³/mol. The minimum absolute atomic E-state index is 0.552. The van der Waals surface area contributed by atoms with Gasteiger partial charge in [0.05, 0.1) is 5.52 Å². The quantitative estimate of drug-likeness (QED) is 0.881. The fraction of sp³-hybridized carbons (Fsp3) is 0.200. The summed E-state index contributed by atoms with van der Waals surface area (Å²) in [4.78, 5) is 17.2. The number of carboxylic acid groups (broad SMARTS) is 1. The Kier molecular flexibility index (Phi) is 3.95. The van der Waals surface area contributed by atoms with Gasteiger partial charge in [-0.1, -0.05) is 11.6 Å². The van der Waals surface area contributed by atoms with Gasteiger partial charge in [0.1, 0.15) is 0 Å². The summed E-state index contributed by atoms with van der Waals surface area (Å²) in [5, 5.41) is 10.2. The number of aliphatic carboxylic acids is 1. The van der Waals surface area contributed by atoms with Crippen LogP contribution >= 0.6 is 11.6 Å². The van der Waals surface area contributed by atoms with Gasteiger partial charge < -0.3 is 10.0 Å². The molecule has 1 aromatic carbocycles. The molecule has 0 aliphatic rings. The largest absolute Gasteiger partial charge is 0.478 e. The highest BCUT2D eigenvalue weighted by molar-refractivity contribution is 6.31. The van der Waals surface area contributed by atoms with Gasteiger partial charge in [0.25, 0.3) is 0 Å². The third kappa shape index (κ3) is 2.91. The number of anilines is 1. The van der Waals surface area contributed by atoms with Crippen molar-refractivity contribution in [2.45, 2.75) is 6.92 Å². The third-order valence-electron chi connectivity index (χ3n) is 2.90. The Morgan fingerprint density at radius 1 is 1.35 bits per heavy atom. The SMILES string of the molecule is Cc1cc(N(C)C)c2cc(Cl)cc(/C=C/C(=O)O)c2n1. The molecule has 104 valence electrons. The van der Waals surface area contributed by atoms with Crippen LogP contribution in [0, 0.1) is 6.92 Å². The molecule has 0 saturated heterocycles. The van der Waals surface area contributed by atoms with E-state index in [4.69, 9.17) is 16.7 Å². The van der Waals surface area contributed by atoms with Gasteiger partial charge in [0, 0.05) is 47.5 Å². The summed E-state index contributed by atoms with van der Waals surface area (Å²) in [6, 6.07) is 5.54. The number of nitrogens with zero attached hydrogens (tertiary/aromatic N) is 2. The molecular formula is C15H15ClN2O2. The molecule has 1 aromatic heterocycles. The lowest BCUT2D eigenvalue weighted by atomic mass is 10.1. The minimum atomic E-state index is -1.00. The lowest BCUT2D eigenvalue weighted by Gasteiger charge is -2.17. The van der Waals surface area contributed by atoms with Crippen molar-refractivity contribution in [1.29, 1.82) is 0 Å². The number of hydrogen-bond donors (Lipinski definition) is 1. The average Bonchev–Trinajstić information content (AvgIpc) is 2.35. The van der Waals surface area contributed by atoms with Crippen LogP contribution in [0.4, 0.5) is 5.69 Å². The number of hydrogen-bond acceptors (Lipinski definition) is 3. The summed E-state index contributed by atoms with van der Waals surface area (Å²) in [6.45, 7) is 1.91. The van der Waals surface area contributed by atoms with Crippen molar-refractivity contribution in [2.24, 2.45) is 0 Å². The zero-order chi connectivity index (χ0) is 14.9.